The zero-order valence-electron chi connectivity index (χ0n) is 11.4. The average molecular weight is 235 g/mol. The van der Waals surface area contributed by atoms with Crippen LogP contribution in [0.4, 0.5) is 0 Å². The Balaban J connectivity index is 2.20. The number of hydrogen-bond donors (Lipinski definition) is 1. The molecule has 0 aliphatic heterocycles. The number of nitrogens with one attached hydrogen (secondary N) is 1. The van der Waals surface area contributed by atoms with Crippen LogP contribution in [-0.4, -0.2) is 22.6 Å². The summed E-state index contributed by atoms with van der Waals surface area (Å²) in [6.45, 7) is 8.87. The lowest BCUT2D eigenvalue weighted by molar-refractivity contribution is 0.349. The molecule has 1 unspecified atom stereocenters. The summed E-state index contributed by atoms with van der Waals surface area (Å²) in [6, 6.07) is 0.546. The monoisotopic (exact) mass is 235 g/mol. The second-order valence-corrected chi connectivity index (χ2v) is 5.37. The molecule has 96 valence electrons. The van der Waals surface area contributed by atoms with E-state index in [0.717, 1.165) is 13.1 Å². The molecule has 0 bridgehead atoms. The minimum absolute atomic E-state index is 0.546. The van der Waals surface area contributed by atoms with Gasteiger partial charge in [-0.15, -0.1) is 0 Å². The zero-order valence-corrected chi connectivity index (χ0v) is 11.4. The summed E-state index contributed by atoms with van der Waals surface area (Å²) < 4.78 is 2.43. The molecule has 17 heavy (non-hydrogen) atoms. The number of rotatable bonds is 5. The first-order valence-corrected chi connectivity index (χ1v) is 6.99. The Morgan fingerprint density at radius 1 is 1.35 bits per heavy atom. The SMILES string of the molecule is CCNCC(C(C)C)n1cnc2c1CCCC2. The van der Waals surface area contributed by atoms with Gasteiger partial charge in [-0.05, 0) is 38.1 Å². The minimum Gasteiger partial charge on any atom is -0.330 e. The predicted molar refractivity (Wildman–Crippen MR) is 71.3 cm³/mol. The molecule has 1 aliphatic rings. The number of hydrogen-bond acceptors (Lipinski definition) is 2. The van der Waals surface area contributed by atoms with Crippen molar-refractivity contribution in [1.82, 2.24) is 14.9 Å². The summed E-state index contributed by atoms with van der Waals surface area (Å²) in [5.41, 5.74) is 2.84. The highest BCUT2D eigenvalue weighted by atomic mass is 15.1. The molecule has 1 aliphatic carbocycles. The quantitative estimate of drug-likeness (QED) is 0.850. The fourth-order valence-electron chi connectivity index (χ4n) is 2.73. The Kier molecular flexibility index (Phi) is 4.21. The molecule has 1 N–H and O–H groups in total. The fourth-order valence-corrected chi connectivity index (χ4v) is 2.73. The van der Waals surface area contributed by atoms with Crippen LogP contribution in [0.2, 0.25) is 0 Å². The van der Waals surface area contributed by atoms with Gasteiger partial charge in [-0.25, -0.2) is 4.98 Å². The van der Waals surface area contributed by atoms with Gasteiger partial charge in [0.25, 0.3) is 0 Å². The molecule has 0 aromatic carbocycles. The van der Waals surface area contributed by atoms with E-state index in [9.17, 15) is 0 Å². The van der Waals surface area contributed by atoms with Crippen LogP contribution in [0.5, 0.6) is 0 Å². The molecule has 3 heteroatoms. The van der Waals surface area contributed by atoms with Gasteiger partial charge in [0, 0.05) is 18.3 Å². The Morgan fingerprint density at radius 3 is 2.82 bits per heavy atom. The summed E-state index contributed by atoms with van der Waals surface area (Å²) in [5.74, 6) is 0.647. The number of fused-ring (bicyclic) bond motifs is 1. The third-order valence-corrected chi connectivity index (χ3v) is 3.79. The van der Waals surface area contributed by atoms with Crippen LogP contribution in [0.15, 0.2) is 6.33 Å². The summed E-state index contributed by atoms with van der Waals surface area (Å²) in [7, 11) is 0. The smallest absolute Gasteiger partial charge is 0.0954 e. The van der Waals surface area contributed by atoms with Crippen molar-refractivity contribution in [3.63, 3.8) is 0 Å². The van der Waals surface area contributed by atoms with E-state index >= 15 is 0 Å². The Labute approximate surface area is 105 Å². The Bertz CT molecular complexity index is 354. The first-order chi connectivity index (χ1) is 8.24. The zero-order chi connectivity index (χ0) is 12.3. The number of imidazole rings is 1. The van der Waals surface area contributed by atoms with Crippen LogP contribution in [-0.2, 0) is 12.8 Å². The molecule has 2 rings (SSSR count). The van der Waals surface area contributed by atoms with Crippen molar-refractivity contribution in [1.29, 1.82) is 0 Å². The second-order valence-electron chi connectivity index (χ2n) is 5.37. The van der Waals surface area contributed by atoms with Crippen LogP contribution < -0.4 is 5.32 Å². The van der Waals surface area contributed by atoms with Crippen molar-refractivity contribution in [3.8, 4) is 0 Å². The van der Waals surface area contributed by atoms with Crippen molar-refractivity contribution in [3.05, 3.63) is 17.7 Å². The maximum atomic E-state index is 4.60. The van der Waals surface area contributed by atoms with Gasteiger partial charge in [-0.2, -0.15) is 0 Å². The topological polar surface area (TPSA) is 29.9 Å². The first kappa shape index (κ1) is 12.6. The van der Waals surface area contributed by atoms with E-state index in [1.54, 1.807) is 0 Å². The molecular weight excluding hydrogens is 210 g/mol. The lowest BCUT2D eigenvalue weighted by atomic mass is 9.98. The number of likely N-dealkylation sites (N-methyl/N-ethyl adjacent to an activating group) is 1. The van der Waals surface area contributed by atoms with Crippen LogP contribution in [0, 0.1) is 5.92 Å². The molecule has 0 saturated carbocycles. The number of aromatic nitrogens is 2. The van der Waals surface area contributed by atoms with E-state index in [1.165, 1.54) is 37.1 Å². The molecule has 1 aromatic heterocycles. The van der Waals surface area contributed by atoms with Gasteiger partial charge in [0.1, 0.15) is 0 Å². The van der Waals surface area contributed by atoms with Gasteiger partial charge in [0.05, 0.1) is 12.0 Å². The molecule has 1 atom stereocenters. The summed E-state index contributed by atoms with van der Waals surface area (Å²) in [6.07, 6.45) is 7.09. The minimum atomic E-state index is 0.546. The van der Waals surface area contributed by atoms with Crippen molar-refractivity contribution in [2.45, 2.75) is 52.5 Å². The van der Waals surface area contributed by atoms with E-state index in [4.69, 9.17) is 0 Å². The number of nitrogens with zero attached hydrogens (tertiary/aromatic N) is 2. The van der Waals surface area contributed by atoms with Crippen molar-refractivity contribution >= 4 is 0 Å². The maximum Gasteiger partial charge on any atom is 0.0954 e. The van der Waals surface area contributed by atoms with E-state index in [2.05, 4.69) is 42.0 Å². The molecule has 3 nitrogen and oxygen atoms in total. The summed E-state index contributed by atoms with van der Waals surface area (Å²) in [4.78, 5) is 4.60. The van der Waals surface area contributed by atoms with Gasteiger partial charge in [0.15, 0.2) is 0 Å². The molecule has 1 heterocycles. The highest BCUT2D eigenvalue weighted by Crippen LogP contribution is 2.26. The molecule has 1 aromatic rings. The molecule has 0 amide bonds. The van der Waals surface area contributed by atoms with E-state index in [0.29, 0.717) is 12.0 Å². The average Bonchev–Trinajstić information content (AvgIpc) is 2.73. The fraction of sp³-hybridized carbons (Fsp3) is 0.786. The van der Waals surface area contributed by atoms with Crippen LogP contribution >= 0.6 is 0 Å². The van der Waals surface area contributed by atoms with E-state index < -0.39 is 0 Å². The standard InChI is InChI=1S/C14H25N3/c1-4-15-9-14(11(2)3)17-10-16-12-7-5-6-8-13(12)17/h10-11,14-15H,4-9H2,1-3H3. The molecule has 0 saturated heterocycles. The predicted octanol–water partition coefficient (Wildman–Crippen LogP) is 2.57. The third kappa shape index (κ3) is 2.71. The largest absolute Gasteiger partial charge is 0.330 e. The summed E-state index contributed by atoms with van der Waals surface area (Å²) >= 11 is 0. The van der Waals surface area contributed by atoms with Gasteiger partial charge in [-0.3, -0.25) is 0 Å². The van der Waals surface area contributed by atoms with Crippen LogP contribution in [0.1, 0.15) is 51.0 Å². The Morgan fingerprint density at radius 2 is 2.12 bits per heavy atom. The third-order valence-electron chi connectivity index (χ3n) is 3.79. The molecule has 0 spiro atoms. The summed E-state index contributed by atoms with van der Waals surface area (Å²) in [5, 5.41) is 3.48. The number of aryl methyl sites for hydroxylation is 1. The van der Waals surface area contributed by atoms with E-state index in [-0.39, 0.29) is 0 Å². The van der Waals surface area contributed by atoms with E-state index in [1.807, 2.05) is 0 Å². The first-order valence-electron chi connectivity index (χ1n) is 6.99. The lowest BCUT2D eigenvalue weighted by Gasteiger charge is -2.26. The lowest BCUT2D eigenvalue weighted by Crippen LogP contribution is -2.29. The van der Waals surface area contributed by atoms with Crippen LogP contribution in [0.3, 0.4) is 0 Å². The Hall–Kier alpha value is -0.830. The molecular formula is C14H25N3. The van der Waals surface area contributed by atoms with Gasteiger partial charge < -0.3 is 9.88 Å². The second kappa shape index (κ2) is 5.67. The molecule has 0 radical (unpaired) electrons. The van der Waals surface area contributed by atoms with Gasteiger partial charge in [-0.1, -0.05) is 20.8 Å². The highest BCUT2D eigenvalue weighted by Gasteiger charge is 2.22. The highest BCUT2D eigenvalue weighted by molar-refractivity contribution is 5.17. The van der Waals surface area contributed by atoms with Gasteiger partial charge >= 0.3 is 0 Å². The van der Waals surface area contributed by atoms with Crippen molar-refractivity contribution < 1.29 is 0 Å². The van der Waals surface area contributed by atoms with Crippen molar-refractivity contribution in [2.75, 3.05) is 13.1 Å². The normalized spacial score (nSPS) is 17.2. The van der Waals surface area contributed by atoms with Crippen molar-refractivity contribution in [2.24, 2.45) is 5.92 Å². The molecule has 0 fully saturated rings. The van der Waals surface area contributed by atoms with Crippen LogP contribution in [0.25, 0.3) is 0 Å². The maximum absolute atomic E-state index is 4.60. The van der Waals surface area contributed by atoms with Gasteiger partial charge in [0.2, 0.25) is 0 Å².